The smallest absolute Gasteiger partial charge is 0.252 e. The molecule has 1 aromatic heterocycles. The molecule has 1 aliphatic carbocycles. The Kier molecular flexibility index (Phi) is 8.02. The van der Waals surface area contributed by atoms with E-state index in [1.165, 1.54) is 63.6 Å². The van der Waals surface area contributed by atoms with Crippen molar-refractivity contribution in [2.75, 3.05) is 31.9 Å². The number of amides is 1. The molecule has 0 spiro atoms. The number of hydrogen-bond donors (Lipinski definition) is 1. The second-order valence-electron chi connectivity index (χ2n) is 7.25. The second-order valence-corrected chi connectivity index (χ2v) is 8.37. The summed E-state index contributed by atoms with van der Waals surface area (Å²) < 4.78 is 0. The lowest BCUT2D eigenvalue weighted by Gasteiger charge is -2.25. The molecule has 0 bridgehead atoms. The van der Waals surface area contributed by atoms with Crippen LogP contribution in [0.2, 0.25) is 0 Å². The summed E-state index contributed by atoms with van der Waals surface area (Å²) in [4.78, 5) is 19.2. The van der Waals surface area contributed by atoms with Crippen molar-refractivity contribution in [1.82, 2.24) is 15.2 Å². The number of likely N-dealkylation sites (tertiary alicyclic amines) is 1. The van der Waals surface area contributed by atoms with Gasteiger partial charge in [-0.2, -0.15) is 0 Å². The largest absolute Gasteiger partial charge is 0.352 e. The summed E-state index contributed by atoms with van der Waals surface area (Å²) >= 11 is 1.78. The summed E-state index contributed by atoms with van der Waals surface area (Å²) in [7, 11) is 0. The Morgan fingerprint density at radius 2 is 2.04 bits per heavy atom. The summed E-state index contributed by atoms with van der Waals surface area (Å²) in [6.45, 7) is 4.33. The molecular formula is C21H31N3OS. The van der Waals surface area contributed by atoms with Crippen molar-refractivity contribution in [3.05, 3.63) is 35.5 Å². The van der Waals surface area contributed by atoms with Crippen LogP contribution < -0.4 is 5.32 Å². The third-order valence-electron chi connectivity index (χ3n) is 5.22. The molecule has 4 nitrogen and oxygen atoms in total. The Hall–Kier alpha value is -1.33. The number of hydrogen-bond acceptors (Lipinski definition) is 4. The average Bonchev–Trinajstić information content (AvgIpc) is 2.70. The van der Waals surface area contributed by atoms with E-state index in [0.717, 1.165) is 30.3 Å². The molecule has 0 unspecified atom stereocenters. The lowest BCUT2D eigenvalue weighted by Crippen LogP contribution is -2.31. The van der Waals surface area contributed by atoms with Crippen LogP contribution in [0.4, 0.5) is 0 Å². The number of carbonyl (C=O) groups is 1. The van der Waals surface area contributed by atoms with Crippen LogP contribution in [0, 0.1) is 0 Å². The fraction of sp³-hybridized carbons (Fsp3) is 0.619. The maximum Gasteiger partial charge on any atom is 0.252 e. The van der Waals surface area contributed by atoms with Crippen molar-refractivity contribution in [1.29, 1.82) is 0 Å². The van der Waals surface area contributed by atoms with E-state index < -0.39 is 0 Å². The highest BCUT2D eigenvalue weighted by Gasteiger charge is 2.10. The zero-order valence-corrected chi connectivity index (χ0v) is 16.5. The van der Waals surface area contributed by atoms with Crippen molar-refractivity contribution in [2.45, 2.75) is 56.4 Å². The normalized spacial score (nSPS) is 18.4. The van der Waals surface area contributed by atoms with Crippen molar-refractivity contribution in [3.8, 4) is 0 Å². The van der Waals surface area contributed by atoms with E-state index >= 15 is 0 Å². The molecule has 0 atom stereocenters. The molecule has 142 valence electrons. The monoisotopic (exact) mass is 373 g/mol. The van der Waals surface area contributed by atoms with Crippen LogP contribution in [-0.4, -0.2) is 47.7 Å². The maximum atomic E-state index is 12.2. The Labute approximate surface area is 161 Å². The van der Waals surface area contributed by atoms with Crippen LogP contribution in [0.5, 0.6) is 0 Å². The van der Waals surface area contributed by atoms with Crippen LogP contribution in [0.15, 0.2) is 35.0 Å². The number of allylic oxidation sites excluding steroid dienone is 1. The molecule has 0 radical (unpaired) electrons. The Bertz CT molecular complexity index is 594. The molecule has 1 fully saturated rings. The minimum absolute atomic E-state index is 0.0150. The fourth-order valence-corrected chi connectivity index (χ4v) is 4.48. The lowest BCUT2D eigenvalue weighted by atomic mass is 9.97. The van der Waals surface area contributed by atoms with Gasteiger partial charge >= 0.3 is 0 Å². The minimum atomic E-state index is -0.0150. The quantitative estimate of drug-likeness (QED) is 0.546. The van der Waals surface area contributed by atoms with Gasteiger partial charge in [0.1, 0.15) is 0 Å². The highest BCUT2D eigenvalue weighted by Crippen LogP contribution is 2.20. The van der Waals surface area contributed by atoms with E-state index in [9.17, 15) is 4.79 Å². The van der Waals surface area contributed by atoms with Gasteiger partial charge < -0.3 is 10.2 Å². The molecule has 0 aromatic carbocycles. The first kappa shape index (κ1) is 19.4. The number of pyridine rings is 1. The van der Waals surface area contributed by atoms with E-state index in [0.29, 0.717) is 5.56 Å². The first-order chi connectivity index (χ1) is 12.8. The van der Waals surface area contributed by atoms with Gasteiger partial charge in [0.25, 0.3) is 5.91 Å². The summed E-state index contributed by atoms with van der Waals surface area (Å²) in [5, 5.41) is 4.02. The van der Waals surface area contributed by atoms with Crippen molar-refractivity contribution >= 4 is 17.7 Å². The van der Waals surface area contributed by atoms with Crippen LogP contribution in [0.3, 0.4) is 0 Å². The van der Waals surface area contributed by atoms with Gasteiger partial charge in [-0.1, -0.05) is 18.1 Å². The fourth-order valence-electron chi connectivity index (χ4n) is 3.63. The van der Waals surface area contributed by atoms with Crippen LogP contribution in [0.25, 0.3) is 0 Å². The van der Waals surface area contributed by atoms with Gasteiger partial charge in [-0.05, 0) is 70.2 Å². The van der Waals surface area contributed by atoms with Crippen LogP contribution >= 0.6 is 11.8 Å². The van der Waals surface area contributed by atoms with E-state index in [2.05, 4.69) is 21.3 Å². The van der Waals surface area contributed by atoms with E-state index in [1.807, 2.05) is 12.1 Å². The number of thioether (sulfide) groups is 1. The third-order valence-corrected chi connectivity index (χ3v) is 6.15. The predicted molar refractivity (Wildman–Crippen MR) is 109 cm³/mol. The number of rotatable bonds is 8. The number of aromatic nitrogens is 1. The van der Waals surface area contributed by atoms with Gasteiger partial charge in [0.05, 0.1) is 10.6 Å². The SMILES string of the molecule is O=C(NCCC1=CCCCC1)c1ccc(SCCN2CCCCC2)nc1. The minimum Gasteiger partial charge on any atom is -0.352 e. The van der Waals surface area contributed by atoms with E-state index in [-0.39, 0.29) is 5.91 Å². The molecule has 2 aliphatic rings. The molecule has 0 saturated carbocycles. The maximum absolute atomic E-state index is 12.2. The molecule has 1 N–H and O–H groups in total. The van der Waals surface area contributed by atoms with Crippen LogP contribution in [0.1, 0.15) is 61.7 Å². The summed E-state index contributed by atoms with van der Waals surface area (Å²) in [5.74, 6) is 1.05. The van der Waals surface area contributed by atoms with Gasteiger partial charge in [0.15, 0.2) is 0 Å². The molecule has 3 rings (SSSR count). The zero-order valence-electron chi connectivity index (χ0n) is 15.7. The van der Waals surface area contributed by atoms with E-state index in [1.54, 1.807) is 18.0 Å². The summed E-state index contributed by atoms with van der Waals surface area (Å²) in [6.07, 6.45) is 14.1. The van der Waals surface area contributed by atoms with Gasteiger partial charge in [0, 0.05) is 25.0 Å². The lowest BCUT2D eigenvalue weighted by molar-refractivity contribution is 0.0953. The summed E-state index contributed by atoms with van der Waals surface area (Å²) in [5.41, 5.74) is 2.15. The van der Waals surface area contributed by atoms with Crippen molar-refractivity contribution in [3.63, 3.8) is 0 Å². The molecule has 2 heterocycles. The molecule has 26 heavy (non-hydrogen) atoms. The Morgan fingerprint density at radius 3 is 2.77 bits per heavy atom. The standard InChI is InChI=1S/C21H31N3OS/c25-21(22-12-11-18-7-3-1-4-8-18)19-9-10-20(23-17-19)26-16-15-24-13-5-2-6-14-24/h7,9-10,17H,1-6,8,11-16H2,(H,22,25). The molecule has 5 heteroatoms. The highest BCUT2D eigenvalue weighted by molar-refractivity contribution is 7.99. The van der Waals surface area contributed by atoms with Crippen molar-refractivity contribution in [2.24, 2.45) is 0 Å². The zero-order chi connectivity index (χ0) is 18.0. The molecule has 1 aliphatic heterocycles. The number of carbonyl (C=O) groups excluding carboxylic acids is 1. The number of nitrogens with zero attached hydrogens (tertiary/aromatic N) is 2. The Balaban J connectivity index is 1.36. The van der Waals surface area contributed by atoms with Gasteiger partial charge in [-0.15, -0.1) is 11.8 Å². The first-order valence-electron chi connectivity index (χ1n) is 10.1. The van der Waals surface area contributed by atoms with E-state index in [4.69, 9.17) is 0 Å². The third kappa shape index (κ3) is 6.44. The highest BCUT2D eigenvalue weighted by atomic mass is 32.2. The van der Waals surface area contributed by atoms with Crippen molar-refractivity contribution < 1.29 is 4.79 Å². The number of nitrogens with one attached hydrogen (secondary N) is 1. The molecule has 1 saturated heterocycles. The average molecular weight is 374 g/mol. The van der Waals surface area contributed by atoms with Crippen LogP contribution in [-0.2, 0) is 0 Å². The Morgan fingerprint density at radius 1 is 1.15 bits per heavy atom. The molecular weight excluding hydrogens is 342 g/mol. The number of piperidine rings is 1. The molecule has 1 aromatic rings. The van der Waals surface area contributed by atoms with Gasteiger partial charge in [-0.25, -0.2) is 4.98 Å². The first-order valence-corrected chi connectivity index (χ1v) is 11.1. The predicted octanol–water partition coefficient (Wildman–Crippen LogP) is 4.28. The second kappa shape index (κ2) is 10.7. The van der Waals surface area contributed by atoms with Gasteiger partial charge in [-0.3, -0.25) is 4.79 Å². The molecule has 1 amide bonds. The summed E-state index contributed by atoms with van der Waals surface area (Å²) in [6, 6.07) is 3.87. The van der Waals surface area contributed by atoms with Gasteiger partial charge in [0.2, 0.25) is 0 Å². The topological polar surface area (TPSA) is 45.2 Å².